The maximum Gasteiger partial charge on any atom is 0.271 e. The van der Waals surface area contributed by atoms with Crippen molar-refractivity contribution in [1.82, 2.24) is 10.3 Å². The Morgan fingerprint density at radius 3 is 2.52 bits per heavy atom. The zero-order valence-corrected chi connectivity index (χ0v) is 14.6. The van der Waals surface area contributed by atoms with Crippen LogP contribution in [0, 0.1) is 12.7 Å². The Labute approximate surface area is 139 Å². The van der Waals surface area contributed by atoms with Crippen molar-refractivity contribution in [2.75, 3.05) is 6.54 Å². The van der Waals surface area contributed by atoms with Crippen LogP contribution in [0.25, 0.3) is 0 Å². The number of aromatic nitrogens is 1. The molecule has 0 fully saturated rings. The SMILES string of the molecule is Cc1sc(C(C)N)nc1C(=O)NCC(C)(C)c1ccc(F)cc1. The molecule has 3 N–H and O–H groups in total. The van der Waals surface area contributed by atoms with Crippen molar-refractivity contribution in [3.05, 3.63) is 51.2 Å². The van der Waals surface area contributed by atoms with Gasteiger partial charge in [-0.05, 0) is 31.5 Å². The molecule has 0 spiro atoms. The van der Waals surface area contributed by atoms with Crippen LogP contribution >= 0.6 is 11.3 Å². The predicted molar refractivity (Wildman–Crippen MR) is 91.2 cm³/mol. The molecule has 0 saturated heterocycles. The van der Waals surface area contributed by atoms with Gasteiger partial charge in [-0.25, -0.2) is 9.37 Å². The zero-order chi connectivity index (χ0) is 17.2. The molecule has 1 amide bonds. The molecule has 0 bridgehead atoms. The lowest BCUT2D eigenvalue weighted by atomic mass is 9.84. The Balaban J connectivity index is 2.07. The lowest BCUT2D eigenvalue weighted by Gasteiger charge is -2.25. The molecule has 0 aliphatic heterocycles. The molecule has 2 rings (SSSR count). The number of carbonyl (C=O) groups is 1. The van der Waals surface area contributed by atoms with E-state index in [1.165, 1.54) is 23.5 Å². The van der Waals surface area contributed by atoms with Crippen LogP contribution in [0.5, 0.6) is 0 Å². The highest BCUT2D eigenvalue weighted by Crippen LogP contribution is 2.24. The van der Waals surface area contributed by atoms with Crippen molar-refractivity contribution in [2.24, 2.45) is 5.73 Å². The average Bonchev–Trinajstić information content (AvgIpc) is 2.88. The smallest absolute Gasteiger partial charge is 0.271 e. The van der Waals surface area contributed by atoms with Gasteiger partial charge < -0.3 is 11.1 Å². The van der Waals surface area contributed by atoms with Gasteiger partial charge in [-0.15, -0.1) is 11.3 Å². The van der Waals surface area contributed by atoms with E-state index in [9.17, 15) is 9.18 Å². The van der Waals surface area contributed by atoms with Crippen LogP contribution in [0.3, 0.4) is 0 Å². The third-order valence-corrected chi connectivity index (χ3v) is 4.91. The first-order chi connectivity index (χ1) is 10.7. The number of hydrogen-bond acceptors (Lipinski definition) is 4. The lowest BCUT2D eigenvalue weighted by Crippen LogP contribution is -2.37. The number of carbonyl (C=O) groups excluding carboxylic acids is 1. The molecule has 4 nitrogen and oxygen atoms in total. The van der Waals surface area contributed by atoms with Crippen molar-refractivity contribution in [3.63, 3.8) is 0 Å². The van der Waals surface area contributed by atoms with Gasteiger partial charge in [0.15, 0.2) is 0 Å². The van der Waals surface area contributed by atoms with Crippen molar-refractivity contribution >= 4 is 17.2 Å². The molecule has 0 aliphatic carbocycles. The van der Waals surface area contributed by atoms with Gasteiger partial charge in [0, 0.05) is 16.8 Å². The first kappa shape index (κ1) is 17.6. The Hall–Kier alpha value is -1.79. The summed E-state index contributed by atoms with van der Waals surface area (Å²) in [7, 11) is 0. The zero-order valence-electron chi connectivity index (χ0n) is 13.8. The minimum absolute atomic E-state index is 0.184. The number of rotatable bonds is 5. The number of nitrogens with two attached hydrogens (primary N) is 1. The largest absolute Gasteiger partial charge is 0.350 e. The van der Waals surface area contributed by atoms with Crippen molar-refractivity contribution in [1.29, 1.82) is 0 Å². The third-order valence-electron chi connectivity index (χ3n) is 3.73. The molecular formula is C17H22FN3OS. The molecule has 1 unspecified atom stereocenters. The van der Waals surface area contributed by atoms with E-state index in [0.29, 0.717) is 12.2 Å². The number of benzene rings is 1. The van der Waals surface area contributed by atoms with E-state index in [0.717, 1.165) is 15.4 Å². The minimum atomic E-state index is -0.308. The summed E-state index contributed by atoms with van der Waals surface area (Å²) < 4.78 is 13.0. The van der Waals surface area contributed by atoms with E-state index < -0.39 is 0 Å². The number of halogens is 1. The first-order valence-electron chi connectivity index (χ1n) is 7.48. The van der Waals surface area contributed by atoms with E-state index in [4.69, 9.17) is 5.73 Å². The number of nitrogens with one attached hydrogen (secondary N) is 1. The molecule has 6 heteroatoms. The second-order valence-corrected chi connectivity index (χ2v) is 7.55. The van der Waals surface area contributed by atoms with Crippen LogP contribution in [-0.4, -0.2) is 17.4 Å². The highest BCUT2D eigenvalue weighted by Gasteiger charge is 2.23. The molecular weight excluding hydrogens is 313 g/mol. The Morgan fingerprint density at radius 1 is 1.39 bits per heavy atom. The van der Waals surface area contributed by atoms with E-state index in [1.54, 1.807) is 12.1 Å². The topological polar surface area (TPSA) is 68.0 Å². The van der Waals surface area contributed by atoms with Gasteiger partial charge in [0.05, 0.1) is 6.04 Å². The fourth-order valence-electron chi connectivity index (χ4n) is 2.21. The lowest BCUT2D eigenvalue weighted by molar-refractivity contribution is 0.0940. The summed E-state index contributed by atoms with van der Waals surface area (Å²) in [6.07, 6.45) is 0. The van der Waals surface area contributed by atoms with Crippen LogP contribution in [0.4, 0.5) is 4.39 Å². The summed E-state index contributed by atoms with van der Waals surface area (Å²) in [5.41, 5.74) is 6.90. The highest BCUT2D eigenvalue weighted by molar-refractivity contribution is 7.11. The fourth-order valence-corrected chi connectivity index (χ4v) is 3.08. The van der Waals surface area contributed by atoms with Gasteiger partial charge in [0.1, 0.15) is 16.5 Å². The number of aryl methyl sites for hydroxylation is 1. The molecule has 2 aromatic rings. The average molecular weight is 335 g/mol. The minimum Gasteiger partial charge on any atom is -0.350 e. The predicted octanol–water partition coefficient (Wildman–Crippen LogP) is 3.32. The van der Waals surface area contributed by atoms with Crippen LogP contribution < -0.4 is 11.1 Å². The Bertz CT molecular complexity index is 692. The molecule has 1 aromatic heterocycles. The quantitative estimate of drug-likeness (QED) is 0.881. The van der Waals surface area contributed by atoms with Crippen LogP contribution in [-0.2, 0) is 5.41 Å². The molecule has 0 aliphatic rings. The Morgan fingerprint density at radius 2 is 2.00 bits per heavy atom. The molecule has 1 atom stereocenters. The van der Waals surface area contributed by atoms with E-state index in [1.807, 2.05) is 27.7 Å². The van der Waals surface area contributed by atoms with E-state index in [-0.39, 0.29) is 23.2 Å². The first-order valence-corrected chi connectivity index (χ1v) is 8.29. The summed E-state index contributed by atoms with van der Waals surface area (Å²) in [4.78, 5) is 17.5. The molecule has 0 radical (unpaired) electrons. The summed E-state index contributed by atoms with van der Waals surface area (Å²) in [5.74, 6) is -0.476. The summed E-state index contributed by atoms with van der Waals surface area (Å²) >= 11 is 1.44. The normalized spacial score (nSPS) is 13.0. The molecule has 23 heavy (non-hydrogen) atoms. The second-order valence-electron chi connectivity index (χ2n) is 6.32. The van der Waals surface area contributed by atoms with Gasteiger partial charge in [-0.1, -0.05) is 26.0 Å². The van der Waals surface area contributed by atoms with Gasteiger partial charge in [-0.2, -0.15) is 0 Å². The molecule has 1 aromatic carbocycles. The van der Waals surface area contributed by atoms with Crippen LogP contribution in [0.2, 0.25) is 0 Å². The standard InChI is InChI=1S/C17H22FN3OS/c1-10(19)16-21-14(11(2)23-16)15(22)20-9-17(3,4)12-5-7-13(18)8-6-12/h5-8,10H,9,19H2,1-4H3,(H,20,22). The third kappa shape index (κ3) is 4.14. The Kier molecular flexibility index (Phi) is 5.16. The van der Waals surface area contributed by atoms with Gasteiger partial charge in [0.25, 0.3) is 5.91 Å². The van der Waals surface area contributed by atoms with Crippen molar-refractivity contribution < 1.29 is 9.18 Å². The number of amides is 1. The van der Waals surface area contributed by atoms with E-state index in [2.05, 4.69) is 10.3 Å². The molecule has 1 heterocycles. The van der Waals surface area contributed by atoms with Crippen LogP contribution in [0.1, 0.15) is 52.7 Å². The van der Waals surface area contributed by atoms with Gasteiger partial charge >= 0.3 is 0 Å². The summed E-state index contributed by atoms with van der Waals surface area (Å²) in [5, 5.41) is 3.67. The number of thiazole rings is 1. The summed E-state index contributed by atoms with van der Waals surface area (Å²) in [6, 6.07) is 6.15. The second kappa shape index (κ2) is 6.76. The number of hydrogen-bond donors (Lipinski definition) is 2. The monoisotopic (exact) mass is 335 g/mol. The highest BCUT2D eigenvalue weighted by atomic mass is 32.1. The van der Waals surface area contributed by atoms with Crippen molar-refractivity contribution in [2.45, 2.75) is 39.2 Å². The van der Waals surface area contributed by atoms with E-state index >= 15 is 0 Å². The molecule has 0 saturated carbocycles. The van der Waals surface area contributed by atoms with Gasteiger partial charge in [0.2, 0.25) is 0 Å². The summed E-state index contributed by atoms with van der Waals surface area (Å²) in [6.45, 7) is 8.15. The fraction of sp³-hybridized carbons (Fsp3) is 0.412. The maximum atomic E-state index is 13.0. The maximum absolute atomic E-state index is 13.0. The molecule has 124 valence electrons. The van der Waals surface area contributed by atoms with Gasteiger partial charge in [-0.3, -0.25) is 4.79 Å². The van der Waals surface area contributed by atoms with Crippen LogP contribution in [0.15, 0.2) is 24.3 Å². The number of nitrogens with zero attached hydrogens (tertiary/aromatic N) is 1. The van der Waals surface area contributed by atoms with Crippen molar-refractivity contribution in [3.8, 4) is 0 Å².